The van der Waals surface area contributed by atoms with E-state index in [9.17, 15) is 9.90 Å². The molecule has 1 aromatic heterocycles. The number of fused-ring (bicyclic) bond motifs is 1. The van der Waals surface area contributed by atoms with Gasteiger partial charge in [-0.15, -0.1) is 0 Å². The number of carbonyl (C=O) groups is 1. The number of nitrogens with zero attached hydrogens (tertiary/aromatic N) is 3. The van der Waals surface area contributed by atoms with Crippen LogP contribution in [0.25, 0.3) is 11.3 Å². The number of carbonyl (C=O) groups excluding carboxylic acids is 1. The fraction of sp³-hybridized carbons (Fsp3) is 0.667. The molecule has 1 fully saturated rings. The highest BCUT2D eigenvalue weighted by atomic mass is 16.5. The largest absolute Gasteiger partial charge is 0.499 e. The number of hydrogen-bond acceptors (Lipinski definition) is 5. The zero-order valence-corrected chi connectivity index (χ0v) is 16.8. The maximum absolute atomic E-state index is 12.6. The predicted octanol–water partition coefficient (Wildman–Crippen LogP) is 1.28. The monoisotopic (exact) mass is 373 g/mol. The standard InChI is InChI=1S/C21H31N3O3/c1-4-5-6-15-7-8-17(27-3)20-19(15)22-14-16(23-20)13-18(25)24-11-9-21(2,26)10-12-24/h14,26H,4-13H2,1-3H3. The molecule has 0 unspecified atom stereocenters. The van der Waals surface area contributed by atoms with Crippen LogP contribution >= 0.6 is 0 Å². The molecular formula is C21H31N3O3. The van der Waals surface area contributed by atoms with Gasteiger partial charge in [-0.3, -0.25) is 9.78 Å². The molecule has 3 rings (SSSR count). The Kier molecular flexibility index (Phi) is 6.15. The van der Waals surface area contributed by atoms with Crippen molar-refractivity contribution in [2.24, 2.45) is 0 Å². The number of methoxy groups -OCH3 is 1. The third-order valence-electron chi connectivity index (χ3n) is 5.68. The summed E-state index contributed by atoms with van der Waals surface area (Å²) in [5.74, 6) is 0.908. The van der Waals surface area contributed by atoms with Gasteiger partial charge in [0.1, 0.15) is 11.1 Å². The molecule has 1 amide bonds. The van der Waals surface area contributed by atoms with Gasteiger partial charge in [-0.1, -0.05) is 13.3 Å². The first-order valence-corrected chi connectivity index (χ1v) is 10.0. The summed E-state index contributed by atoms with van der Waals surface area (Å²) in [6.07, 6.45) is 8.37. The Morgan fingerprint density at radius 3 is 2.70 bits per heavy atom. The van der Waals surface area contributed by atoms with E-state index in [1.807, 2.05) is 11.8 Å². The molecule has 0 radical (unpaired) electrons. The van der Waals surface area contributed by atoms with Crippen LogP contribution in [0.2, 0.25) is 0 Å². The lowest BCUT2D eigenvalue weighted by Crippen LogP contribution is -2.46. The Balaban J connectivity index is 1.82. The number of likely N-dealkylation sites (tertiary alicyclic amines) is 1. The molecule has 0 atom stereocenters. The van der Waals surface area contributed by atoms with Gasteiger partial charge in [-0.25, -0.2) is 4.98 Å². The molecule has 2 aliphatic rings. The highest BCUT2D eigenvalue weighted by molar-refractivity contribution is 5.78. The number of aliphatic hydroxyl groups is 1. The van der Waals surface area contributed by atoms with Crippen molar-refractivity contribution in [3.05, 3.63) is 22.6 Å². The molecule has 2 heterocycles. The van der Waals surface area contributed by atoms with E-state index in [4.69, 9.17) is 9.72 Å². The highest BCUT2D eigenvalue weighted by Gasteiger charge is 2.29. The molecule has 0 saturated carbocycles. The van der Waals surface area contributed by atoms with Crippen molar-refractivity contribution in [3.8, 4) is 0 Å². The van der Waals surface area contributed by atoms with Crippen LogP contribution in [0.3, 0.4) is 0 Å². The number of piperidine rings is 1. The molecule has 0 bridgehead atoms. The van der Waals surface area contributed by atoms with Crippen molar-refractivity contribution >= 4 is 17.2 Å². The van der Waals surface area contributed by atoms with E-state index in [2.05, 4.69) is 11.9 Å². The molecule has 27 heavy (non-hydrogen) atoms. The molecule has 0 aromatic carbocycles. The third kappa shape index (κ3) is 4.67. The van der Waals surface area contributed by atoms with Gasteiger partial charge in [-0.2, -0.15) is 0 Å². The number of hydrogen-bond donors (Lipinski definition) is 1. The van der Waals surface area contributed by atoms with Gasteiger partial charge in [0.2, 0.25) is 5.91 Å². The average Bonchev–Trinajstić information content (AvgIpc) is 2.65. The summed E-state index contributed by atoms with van der Waals surface area (Å²) in [7, 11) is 1.68. The molecule has 1 saturated heterocycles. The molecule has 0 spiro atoms. The molecule has 6 nitrogen and oxygen atoms in total. The van der Waals surface area contributed by atoms with Crippen molar-refractivity contribution in [1.29, 1.82) is 0 Å². The lowest BCUT2D eigenvalue weighted by atomic mass is 9.93. The normalized spacial score (nSPS) is 19.0. The lowest BCUT2D eigenvalue weighted by Gasteiger charge is -2.35. The van der Waals surface area contributed by atoms with E-state index in [1.54, 1.807) is 13.3 Å². The lowest BCUT2D eigenvalue weighted by molar-refractivity contribution is -0.134. The van der Waals surface area contributed by atoms with E-state index in [1.165, 1.54) is 5.57 Å². The molecule has 1 aliphatic carbocycles. The zero-order chi connectivity index (χ0) is 19.4. The van der Waals surface area contributed by atoms with Crippen LogP contribution in [0.15, 0.2) is 6.20 Å². The van der Waals surface area contributed by atoms with Crippen molar-refractivity contribution in [2.45, 2.75) is 70.8 Å². The van der Waals surface area contributed by atoms with E-state index in [-0.39, 0.29) is 12.3 Å². The smallest absolute Gasteiger partial charge is 0.228 e. The van der Waals surface area contributed by atoms with Gasteiger partial charge in [0.25, 0.3) is 0 Å². The van der Waals surface area contributed by atoms with E-state index in [0.29, 0.717) is 31.6 Å². The van der Waals surface area contributed by atoms with Crippen LogP contribution in [0, 0.1) is 0 Å². The van der Waals surface area contributed by atoms with Crippen LogP contribution < -0.4 is 10.7 Å². The topological polar surface area (TPSA) is 75.6 Å². The van der Waals surface area contributed by atoms with E-state index >= 15 is 0 Å². The maximum Gasteiger partial charge on any atom is 0.228 e. The Morgan fingerprint density at radius 2 is 2.04 bits per heavy atom. The fourth-order valence-corrected chi connectivity index (χ4v) is 3.80. The first-order valence-electron chi connectivity index (χ1n) is 10.0. The molecule has 1 aliphatic heterocycles. The molecule has 1 N–H and O–H groups in total. The van der Waals surface area contributed by atoms with Crippen molar-refractivity contribution in [2.75, 3.05) is 20.2 Å². The van der Waals surface area contributed by atoms with Gasteiger partial charge in [-0.05, 0) is 44.6 Å². The van der Waals surface area contributed by atoms with Crippen LogP contribution in [0.4, 0.5) is 0 Å². The summed E-state index contributed by atoms with van der Waals surface area (Å²) in [5, 5.41) is 11.8. The predicted molar refractivity (Wildman–Crippen MR) is 104 cm³/mol. The first-order chi connectivity index (χ1) is 12.9. The Hall–Kier alpha value is -1.95. The van der Waals surface area contributed by atoms with E-state index < -0.39 is 5.60 Å². The minimum Gasteiger partial charge on any atom is -0.499 e. The van der Waals surface area contributed by atoms with Crippen LogP contribution in [0.5, 0.6) is 0 Å². The van der Waals surface area contributed by atoms with Crippen molar-refractivity contribution in [1.82, 2.24) is 14.9 Å². The average molecular weight is 373 g/mol. The van der Waals surface area contributed by atoms with Gasteiger partial charge in [0.15, 0.2) is 0 Å². The first kappa shape index (κ1) is 19.8. The van der Waals surface area contributed by atoms with Gasteiger partial charge >= 0.3 is 0 Å². The molecule has 6 heteroatoms. The van der Waals surface area contributed by atoms with Gasteiger partial charge in [0.05, 0.1) is 30.2 Å². The second-order valence-corrected chi connectivity index (χ2v) is 7.95. The highest BCUT2D eigenvalue weighted by Crippen LogP contribution is 2.22. The zero-order valence-electron chi connectivity index (χ0n) is 16.8. The second-order valence-electron chi connectivity index (χ2n) is 7.95. The molecule has 148 valence electrons. The second kappa shape index (κ2) is 8.38. The van der Waals surface area contributed by atoms with Crippen molar-refractivity contribution in [3.63, 3.8) is 0 Å². The minimum atomic E-state index is -0.657. The Labute approximate surface area is 161 Å². The summed E-state index contributed by atoms with van der Waals surface area (Å²) in [6, 6.07) is 0. The van der Waals surface area contributed by atoms with Crippen molar-refractivity contribution < 1.29 is 14.6 Å². The fourth-order valence-electron chi connectivity index (χ4n) is 3.80. The van der Waals surface area contributed by atoms with Gasteiger partial charge < -0.3 is 14.7 Å². The SMILES string of the molecule is CCCCC1=c2ncc(CC(=O)N3CCC(C)(O)CC3)nc2=C(OC)CC1. The summed E-state index contributed by atoms with van der Waals surface area (Å²) >= 11 is 0. The number of amides is 1. The number of rotatable bonds is 6. The number of aromatic nitrogens is 2. The molecular weight excluding hydrogens is 342 g/mol. The summed E-state index contributed by atoms with van der Waals surface area (Å²) < 4.78 is 5.55. The van der Waals surface area contributed by atoms with Crippen LogP contribution in [-0.2, 0) is 16.0 Å². The Bertz CT molecular complexity index is 806. The van der Waals surface area contributed by atoms with Crippen LogP contribution in [0.1, 0.15) is 64.5 Å². The number of unbranched alkanes of at least 4 members (excludes halogenated alkanes) is 1. The quantitative estimate of drug-likeness (QED) is 0.813. The maximum atomic E-state index is 12.6. The van der Waals surface area contributed by atoms with Gasteiger partial charge in [0, 0.05) is 25.7 Å². The molecule has 1 aromatic rings. The third-order valence-corrected chi connectivity index (χ3v) is 5.68. The van der Waals surface area contributed by atoms with E-state index in [0.717, 1.165) is 48.6 Å². The minimum absolute atomic E-state index is 0.0460. The summed E-state index contributed by atoms with van der Waals surface area (Å²) in [4.78, 5) is 23.9. The Morgan fingerprint density at radius 1 is 1.30 bits per heavy atom. The number of ether oxygens (including phenoxy) is 1. The summed E-state index contributed by atoms with van der Waals surface area (Å²) in [6.45, 7) is 5.21. The summed E-state index contributed by atoms with van der Waals surface area (Å²) in [5.41, 5.74) is 1.37. The van der Waals surface area contributed by atoms with Crippen LogP contribution in [-0.4, -0.2) is 51.7 Å².